The summed E-state index contributed by atoms with van der Waals surface area (Å²) in [5.41, 5.74) is 5.49. The maximum Gasteiger partial charge on any atom is 0.351 e. The van der Waals surface area contributed by atoms with Crippen molar-refractivity contribution in [2.45, 2.75) is 37.9 Å². The Labute approximate surface area is 121 Å². The molecule has 8 nitrogen and oxygen atoms in total. The van der Waals surface area contributed by atoms with E-state index in [2.05, 4.69) is 4.98 Å². The Kier molecular flexibility index (Phi) is 4.73. The molecule has 2 rings (SSSR count). The van der Waals surface area contributed by atoms with Gasteiger partial charge in [-0.25, -0.2) is 4.79 Å². The van der Waals surface area contributed by atoms with Crippen LogP contribution < -0.4 is 11.4 Å². The minimum Gasteiger partial charge on any atom is -0.394 e. The van der Waals surface area contributed by atoms with Crippen LogP contribution in [0, 0.1) is 0 Å². The number of rotatable bonds is 4. The quantitative estimate of drug-likeness (QED) is 0.552. The number of nitrogens with zero attached hydrogens (tertiary/aromatic N) is 2. The lowest BCUT2D eigenvalue weighted by Gasteiger charge is -2.18. The molecule has 8 heteroatoms. The van der Waals surface area contributed by atoms with Crippen LogP contribution in [0.2, 0.25) is 0 Å². The molecule has 1 aromatic heterocycles. The van der Waals surface area contributed by atoms with Gasteiger partial charge in [0.2, 0.25) is 0 Å². The highest BCUT2D eigenvalue weighted by Crippen LogP contribution is 2.28. The van der Waals surface area contributed by atoms with E-state index in [-0.39, 0.29) is 5.82 Å². The summed E-state index contributed by atoms with van der Waals surface area (Å²) in [7, 11) is 0. The number of aromatic nitrogens is 2. The third-order valence-electron chi connectivity index (χ3n) is 3.34. The number of nitrogen functional groups attached to an aromatic ring is 1. The molecule has 0 saturated carbocycles. The van der Waals surface area contributed by atoms with E-state index in [4.69, 9.17) is 15.6 Å². The van der Waals surface area contributed by atoms with Gasteiger partial charge < -0.3 is 25.8 Å². The van der Waals surface area contributed by atoms with Crippen molar-refractivity contribution in [2.75, 3.05) is 12.3 Å². The minimum atomic E-state index is -1.34. The van der Waals surface area contributed by atoms with Gasteiger partial charge in [0.05, 0.1) is 6.61 Å². The lowest BCUT2D eigenvalue weighted by molar-refractivity contribution is -0.0549. The Morgan fingerprint density at radius 2 is 2.19 bits per heavy atom. The molecule has 116 valence electrons. The van der Waals surface area contributed by atoms with E-state index in [9.17, 15) is 15.0 Å². The van der Waals surface area contributed by atoms with Gasteiger partial charge in [-0.3, -0.25) is 4.57 Å². The first-order valence-electron chi connectivity index (χ1n) is 6.67. The van der Waals surface area contributed by atoms with Gasteiger partial charge in [-0.2, -0.15) is 4.98 Å². The van der Waals surface area contributed by atoms with Crippen molar-refractivity contribution in [3.8, 4) is 0 Å². The van der Waals surface area contributed by atoms with E-state index >= 15 is 0 Å². The second kappa shape index (κ2) is 6.35. The summed E-state index contributed by atoms with van der Waals surface area (Å²) in [6.07, 6.45) is 1.06. The highest BCUT2D eigenvalue weighted by molar-refractivity contribution is 5.59. The van der Waals surface area contributed by atoms with E-state index < -0.39 is 36.8 Å². The molecule has 1 aliphatic heterocycles. The van der Waals surface area contributed by atoms with Gasteiger partial charge in [-0.1, -0.05) is 19.1 Å². The molecule has 4 atom stereocenters. The highest BCUT2D eigenvalue weighted by Gasteiger charge is 2.43. The van der Waals surface area contributed by atoms with Crippen LogP contribution in [0.3, 0.4) is 0 Å². The Balaban J connectivity index is 2.40. The van der Waals surface area contributed by atoms with Crippen molar-refractivity contribution in [2.24, 2.45) is 0 Å². The zero-order chi connectivity index (χ0) is 15.6. The molecule has 0 aliphatic carbocycles. The molecule has 1 saturated heterocycles. The van der Waals surface area contributed by atoms with Crippen LogP contribution in [0.4, 0.5) is 5.82 Å². The van der Waals surface area contributed by atoms with Crippen molar-refractivity contribution >= 4 is 11.9 Å². The van der Waals surface area contributed by atoms with Gasteiger partial charge in [-0.05, 0) is 6.42 Å². The zero-order valence-electron chi connectivity index (χ0n) is 11.6. The van der Waals surface area contributed by atoms with E-state index in [1.54, 1.807) is 6.08 Å². The lowest BCUT2D eigenvalue weighted by atomic mass is 10.1. The minimum absolute atomic E-state index is 0.0766. The Bertz CT molecular complexity index is 586. The number of nitrogens with two attached hydrogens (primary N) is 1. The largest absolute Gasteiger partial charge is 0.394 e. The van der Waals surface area contributed by atoms with Crippen molar-refractivity contribution in [3.63, 3.8) is 0 Å². The molecular weight excluding hydrogens is 278 g/mol. The molecule has 0 spiro atoms. The first-order chi connectivity index (χ1) is 9.99. The Hall–Kier alpha value is -1.74. The maximum atomic E-state index is 11.9. The summed E-state index contributed by atoms with van der Waals surface area (Å²) in [5.74, 6) is 0.0766. The maximum absolute atomic E-state index is 11.9. The van der Waals surface area contributed by atoms with Crippen LogP contribution >= 0.6 is 0 Å². The van der Waals surface area contributed by atoms with Crippen LogP contribution in [0.25, 0.3) is 6.08 Å². The molecule has 1 aromatic rings. The number of ether oxygens (including phenoxy) is 1. The summed E-state index contributed by atoms with van der Waals surface area (Å²) < 4.78 is 6.37. The predicted molar refractivity (Wildman–Crippen MR) is 75.2 cm³/mol. The monoisotopic (exact) mass is 297 g/mol. The number of allylic oxidation sites excluding steroid dienone is 1. The number of hydrogen-bond donors (Lipinski definition) is 4. The van der Waals surface area contributed by atoms with Crippen molar-refractivity contribution in [1.29, 1.82) is 0 Å². The summed E-state index contributed by atoms with van der Waals surface area (Å²) in [4.78, 5) is 15.6. The molecule has 0 amide bonds. The summed E-state index contributed by atoms with van der Waals surface area (Å²) in [6, 6.07) is 0. The third kappa shape index (κ3) is 2.98. The number of aliphatic hydroxyl groups is 3. The van der Waals surface area contributed by atoms with Gasteiger partial charge in [0.25, 0.3) is 0 Å². The molecule has 0 radical (unpaired) electrons. The second-order valence-corrected chi connectivity index (χ2v) is 4.81. The molecule has 1 fully saturated rings. The van der Waals surface area contributed by atoms with E-state index in [0.717, 1.165) is 11.0 Å². The van der Waals surface area contributed by atoms with Gasteiger partial charge >= 0.3 is 5.69 Å². The van der Waals surface area contributed by atoms with Gasteiger partial charge in [0.15, 0.2) is 6.23 Å². The first kappa shape index (κ1) is 15.6. The number of hydrogen-bond acceptors (Lipinski definition) is 7. The number of aliphatic hydroxyl groups excluding tert-OH is 3. The van der Waals surface area contributed by atoms with Crippen molar-refractivity contribution in [3.05, 3.63) is 28.3 Å². The first-order valence-corrected chi connectivity index (χ1v) is 6.67. The van der Waals surface area contributed by atoms with E-state index in [1.165, 1.54) is 6.20 Å². The van der Waals surface area contributed by atoms with Crippen molar-refractivity contribution in [1.82, 2.24) is 9.55 Å². The lowest BCUT2D eigenvalue weighted by Crippen LogP contribution is -2.36. The van der Waals surface area contributed by atoms with Crippen LogP contribution in [-0.4, -0.2) is 49.8 Å². The molecule has 5 N–H and O–H groups in total. The molecule has 0 aromatic carbocycles. The molecule has 0 unspecified atom stereocenters. The summed E-state index contributed by atoms with van der Waals surface area (Å²) in [5, 5.41) is 28.8. The third-order valence-corrected chi connectivity index (χ3v) is 3.34. The predicted octanol–water partition coefficient (Wildman–Crippen LogP) is -1.14. The smallest absolute Gasteiger partial charge is 0.351 e. The van der Waals surface area contributed by atoms with Crippen molar-refractivity contribution < 1.29 is 20.1 Å². The molecule has 21 heavy (non-hydrogen) atoms. The van der Waals surface area contributed by atoms with Crippen LogP contribution in [-0.2, 0) is 4.74 Å². The Morgan fingerprint density at radius 3 is 2.76 bits per heavy atom. The van der Waals surface area contributed by atoms with Crippen LogP contribution in [0.15, 0.2) is 17.1 Å². The standard InChI is InChI=1S/C13H19N3O5/c1-2-3-4-7-5-16(13(20)15-11(7)14)12-10(19)9(18)8(6-17)21-12/h3-5,8-10,12,17-19H,2,6H2,1H3,(H2,14,15,20)/b4-3+/t8-,9-,10+,12-/m1/s1. The fourth-order valence-corrected chi connectivity index (χ4v) is 2.16. The fraction of sp³-hybridized carbons (Fsp3) is 0.538. The summed E-state index contributed by atoms with van der Waals surface area (Å²) in [6.45, 7) is 1.48. The van der Waals surface area contributed by atoms with Crippen LogP contribution in [0.5, 0.6) is 0 Å². The average molecular weight is 297 g/mol. The van der Waals surface area contributed by atoms with E-state index in [1.807, 2.05) is 13.0 Å². The number of anilines is 1. The highest BCUT2D eigenvalue weighted by atomic mass is 16.6. The fourth-order valence-electron chi connectivity index (χ4n) is 2.16. The Morgan fingerprint density at radius 1 is 1.48 bits per heavy atom. The SMILES string of the molecule is CC/C=C/c1cn([C@@H]2O[C@H](CO)[C@@H](O)[C@@H]2O)c(=O)nc1N. The molecule has 0 bridgehead atoms. The normalized spacial score (nSPS) is 29.3. The molecular formula is C13H19N3O5. The topological polar surface area (TPSA) is 131 Å². The van der Waals surface area contributed by atoms with Crippen LogP contribution in [0.1, 0.15) is 25.1 Å². The van der Waals surface area contributed by atoms with Gasteiger partial charge in [0.1, 0.15) is 24.1 Å². The second-order valence-electron chi connectivity index (χ2n) is 4.81. The average Bonchev–Trinajstić information content (AvgIpc) is 2.74. The zero-order valence-corrected chi connectivity index (χ0v) is 11.6. The molecule has 1 aliphatic rings. The molecule has 2 heterocycles. The van der Waals surface area contributed by atoms with Gasteiger partial charge in [0, 0.05) is 11.8 Å². The van der Waals surface area contributed by atoms with E-state index in [0.29, 0.717) is 5.56 Å². The summed E-state index contributed by atoms with van der Waals surface area (Å²) >= 11 is 0. The van der Waals surface area contributed by atoms with Gasteiger partial charge in [-0.15, -0.1) is 0 Å².